The number of pyridine rings is 1. The van der Waals surface area contributed by atoms with Gasteiger partial charge in [-0.25, -0.2) is 0 Å². The van der Waals surface area contributed by atoms with E-state index in [0.29, 0.717) is 23.0 Å². The Morgan fingerprint density at radius 3 is 2.70 bits per heavy atom. The first-order chi connectivity index (χ1) is 12.6. The second kappa shape index (κ2) is 7.22. The molecule has 6 heteroatoms. The van der Waals surface area contributed by atoms with Gasteiger partial charge in [0.2, 0.25) is 5.78 Å². The maximum atomic E-state index is 12.8. The fraction of sp³-hybridized carbons (Fsp3) is 0.333. The smallest absolute Gasteiger partial charge is 0.228 e. The number of halogens is 1. The zero-order chi connectivity index (χ0) is 19.8. The second-order valence-electron chi connectivity index (χ2n) is 8.24. The summed E-state index contributed by atoms with van der Waals surface area (Å²) in [5, 5.41) is 1.53. The summed E-state index contributed by atoms with van der Waals surface area (Å²) in [6.45, 7) is 11.5. The molecule has 0 atom stereocenters. The van der Waals surface area contributed by atoms with Gasteiger partial charge in [0, 0.05) is 28.2 Å². The Balaban J connectivity index is 1.81. The largest absolute Gasteiger partial charge is 0.413 e. The summed E-state index contributed by atoms with van der Waals surface area (Å²) in [4.78, 5) is 20.1. The number of ketones is 1. The molecule has 0 spiro atoms. The molecule has 0 saturated heterocycles. The number of nitrogens with one attached hydrogen (secondary N) is 1. The van der Waals surface area contributed by atoms with Crippen LogP contribution in [0.4, 0.5) is 0 Å². The minimum Gasteiger partial charge on any atom is -0.413 e. The zero-order valence-electron chi connectivity index (χ0n) is 16.3. The Hall–Kier alpha value is -1.95. The van der Waals surface area contributed by atoms with Crippen molar-refractivity contribution in [1.29, 1.82) is 0 Å². The van der Waals surface area contributed by atoms with Crippen molar-refractivity contribution in [3.63, 3.8) is 0 Å². The van der Waals surface area contributed by atoms with Gasteiger partial charge < -0.3 is 9.41 Å². The summed E-state index contributed by atoms with van der Waals surface area (Å²) < 4.78 is 6.25. The van der Waals surface area contributed by atoms with Crippen molar-refractivity contribution in [2.45, 2.75) is 45.5 Å². The third kappa shape index (κ3) is 4.31. The molecule has 3 aromatic rings. The number of H-pyrrole nitrogens is 1. The lowest BCUT2D eigenvalue weighted by Gasteiger charge is -2.36. The van der Waals surface area contributed by atoms with Crippen LogP contribution in [0.25, 0.3) is 10.9 Å². The number of nitrogens with zero attached hydrogens (tertiary/aromatic N) is 1. The van der Waals surface area contributed by atoms with E-state index in [2.05, 4.69) is 49.9 Å². The van der Waals surface area contributed by atoms with Crippen molar-refractivity contribution in [2.24, 2.45) is 0 Å². The molecule has 2 heterocycles. The van der Waals surface area contributed by atoms with Gasteiger partial charge in [0.15, 0.2) is 8.32 Å². The molecule has 1 radical (unpaired) electrons. The molecule has 1 aromatic carbocycles. The lowest BCUT2D eigenvalue weighted by molar-refractivity contribution is 0.103. The van der Waals surface area contributed by atoms with Gasteiger partial charge in [-0.05, 0) is 54.0 Å². The lowest BCUT2D eigenvalue weighted by Crippen LogP contribution is -2.40. The van der Waals surface area contributed by atoms with Gasteiger partial charge >= 0.3 is 0 Å². The molecule has 141 valence electrons. The van der Waals surface area contributed by atoms with Crippen LogP contribution in [0.15, 0.2) is 36.5 Å². The number of hydrogen-bond donors (Lipinski definition) is 1. The molecule has 0 saturated carbocycles. The Morgan fingerprint density at radius 2 is 2.00 bits per heavy atom. The van der Waals surface area contributed by atoms with Crippen LogP contribution in [0, 0.1) is 6.07 Å². The van der Waals surface area contributed by atoms with Crippen molar-refractivity contribution in [3.8, 4) is 0 Å². The highest BCUT2D eigenvalue weighted by atomic mass is 35.5. The fourth-order valence-corrected chi connectivity index (χ4v) is 3.57. The standard InChI is InChI=1S/C21H24ClN2O2Si/c1-21(2,3)27(4,5)26-13-14-8-9-23-18(10-14)20(25)19-12-15-11-16(22)6-7-17(15)24-19/h6-11,24H,13H2,1-5H3. The van der Waals surface area contributed by atoms with E-state index in [1.807, 2.05) is 12.1 Å². The molecule has 27 heavy (non-hydrogen) atoms. The SMILES string of the molecule is CC(C)(C)[Si](C)(C)OCc1ccnc(C(=O)c2[c]c3cc(Cl)ccc3[nH]2)c1. The predicted molar refractivity (Wildman–Crippen MR) is 112 cm³/mol. The van der Waals surface area contributed by atoms with Crippen molar-refractivity contribution < 1.29 is 9.22 Å². The van der Waals surface area contributed by atoms with E-state index in [1.54, 1.807) is 24.4 Å². The molecular formula is C21H24ClN2O2Si. The van der Waals surface area contributed by atoms with Crippen LogP contribution in [0.5, 0.6) is 0 Å². The van der Waals surface area contributed by atoms with E-state index in [0.717, 1.165) is 16.5 Å². The third-order valence-corrected chi connectivity index (χ3v) is 9.90. The van der Waals surface area contributed by atoms with Crippen molar-refractivity contribution >= 4 is 36.6 Å². The summed E-state index contributed by atoms with van der Waals surface area (Å²) in [6.07, 6.45) is 1.65. The Labute approximate surface area is 166 Å². The fourth-order valence-electron chi connectivity index (χ4n) is 2.44. The number of carbonyl (C=O) groups excluding carboxylic acids is 1. The predicted octanol–water partition coefficient (Wildman–Crippen LogP) is 5.77. The molecule has 4 nitrogen and oxygen atoms in total. The molecule has 0 fully saturated rings. The van der Waals surface area contributed by atoms with E-state index in [9.17, 15) is 4.79 Å². The molecular weight excluding hydrogens is 376 g/mol. The van der Waals surface area contributed by atoms with Crippen LogP contribution in [-0.2, 0) is 11.0 Å². The second-order valence-corrected chi connectivity index (χ2v) is 13.5. The highest BCUT2D eigenvalue weighted by Gasteiger charge is 2.37. The first kappa shape index (κ1) is 19.8. The number of rotatable bonds is 5. The molecule has 1 N–H and O–H groups in total. The van der Waals surface area contributed by atoms with Gasteiger partial charge in [-0.15, -0.1) is 0 Å². The molecule has 0 bridgehead atoms. The number of aromatic nitrogens is 2. The highest BCUT2D eigenvalue weighted by molar-refractivity contribution is 6.74. The molecule has 0 unspecified atom stereocenters. The Bertz CT molecular complexity index is 989. The summed E-state index contributed by atoms with van der Waals surface area (Å²) in [6, 6.07) is 12.1. The monoisotopic (exact) mass is 399 g/mol. The van der Waals surface area contributed by atoms with Gasteiger partial charge in [0.25, 0.3) is 0 Å². The van der Waals surface area contributed by atoms with E-state index in [-0.39, 0.29) is 10.8 Å². The molecule has 2 aromatic heterocycles. The summed E-state index contributed by atoms with van der Waals surface area (Å²) in [5.41, 5.74) is 2.51. The molecule has 3 rings (SSSR count). The van der Waals surface area contributed by atoms with Crippen LogP contribution < -0.4 is 0 Å². The van der Waals surface area contributed by atoms with Gasteiger partial charge in [-0.3, -0.25) is 9.78 Å². The van der Waals surface area contributed by atoms with Gasteiger partial charge in [0.1, 0.15) is 5.69 Å². The van der Waals surface area contributed by atoms with E-state index in [4.69, 9.17) is 16.0 Å². The summed E-state index contributed by atoms with van der Waals surface area (Å²) in [5.74, 6) is -0.198. The third-order valence-electron chi connectivity index (χ3n) is 5.19. The van der Waals surface area contributed by atoms with Crippen molar-refractivity contribution in [3.05, 3.63) is 64.6 Å². The topological polar surface area (TPSA) is 55.0 Å². The van der Waals surface area contributed by atoms with Crippen molar-refractivity contribution in [1.82, 2.24) is 9.97 Å². The zero-order valence-corrected chi connectivity index (χ0v) is 18.1. The highest BCUT2D eigenvalue weighted by Crippen LogP contribution is 2.37. The first-order valence-corrected chi connectivity index (χ1v) is 12.2. The van der Waals surface area contributed by atoms with Crippen LogP contribution in [0.3, 0.4) is 0 Å². The van der Waals surface area contributed by atoms with Gasteiger partial charge in [0.05, 0.1) is 12.3 Å². The van der Waals surface area contributed by atoms with Crippen LogP contribution in [0.2, 0.25) is 23.2 Å². The minimum atomic E-state index is -1.85. The minimum absolute atomic E-state index is 0.138. The molecule has 0 aliphatic rings. The summed E-state index contributed by atoms with van der Waals surface area (Å²) in [7, 11) is -1.85. The Kier molecular flexibility index (Phi) is 5.30. The maximum Gasteiger partial charge on any atom is 0.228 e. The first-order valence-electron chi connectivity index (χ1n) is 8.91. The van der Waals surface area contributed by atoms with E-state index in [1.165, 1.54) is 0 Å². The van der Waals surface area contributed by atoms with Crippen LogP contribution >= 0.6 is 11.6 Å². The van der Waals surface area contributed by atoms with E-state index < -0.39 is 8.32 Å². The number of hydrogen-bond acceptors (Lipinski definition) is 3. The van der Waals surface area contributed by atoms with Crippen LogP contribution in [0.1, 0.15) is 42.5 Å². The molecule has 0 amide bonds. The van der Waals surface area contributed by atoms with Crippen LogP contribution in [-0.4, -0.2) is 24.1 Å². The average molecular weight is 400 g/mol. The van der Waals surface area contributed by atoms with Gasteiger partial charge in [-0.2, -0.15) is 0 Å². The maximum absolute atomic E-state index is 12.8. The lowest BCUT2D eigenvalue weighted by atomic mass is 10.1. The van der Waals surface area contributed by atoms with Gasteiger partial charge in [-0.1, -0.05) is 32.4 Å². The summed E-state index contributed by atoms with van der Waals surface area (Å²) >= 11 is 6.01. The number of fused-ring (bicyclic) bond motifs is 1. The van der Waals surface area contributed by atoms with Crippen molar-refractivity contribution in [2.75, 3.05) is 0 Å². The number of carbonyl (C=O) groups is 1. The molecule has 0 aliphatic heterocycles. The quantitative estimate of drug-likeness (QED) is 0.437. The normalized spacial score (nSPS) is 12.5. The Morgan fingerprint density at radius 1 is 1.26 bits per heavy atom. The van der Waals surface area contributed by atoms with E-state index >= 15 is 0 Å². The molecule has 0 aliphatic carbocycles. The number of aromatic amines is 1. The average Bonchev–Trinajstić information content (AvgIpc) is 3.01. The number of benzene rings is 1.